The first kappa shape index (κ1) is 33.3. The highest BCUT2D eigenvalue weighted by atomic mass is 32.2. The van der Waals surface area contributed by atoms with Crippen LogP contribution >= 0.6 is 19.7 Å². The maximum atomic E-state index is 12.2. The van der Waals surface area contributed by atoms with E-state index in [0.717, 1.165) is 45.3 Å². The fourth-order valence-electron chi connectivity index (χ4n) is 5.42. The predicted octanol–water partition coefficient (Wildman–Crippen LogP) is 11.9. The lowest BCUT2D eigenvalue weighted by atomic mass is 9.85. The molecule has 2 aromatic rings. The summed E-state index contributed by atoms with van der Waals surface area (Å²) in [5.41, 5.74) is 4.43. The molecule has 40 heavy (non-hydrogen) atoms. The lowest BCUT2D eigenvalue weighted by molar-refractivity contribution is 0.328. The first-order valence-corrected chi connectivity index (χ1v) is 18.3. The van der Waals surface area contributed by atoms with Crippen molar-refractivity contribution >= 4 is 19.7 Å². The molecule has 0 aliphatic carbocycles. The van der Waals surface area contributed by atoms with Gasteiger partial charge < -0.3 is 0 Å². The number of hydrogen-bond acceptors (Lipinski definition) is 4. The van der Waals surface area contributed by atoms with Gasteiger partial charge in [-0.25, -0.2) is 0 Å². The van der Waals surface area contributed by atoms with Gasteiger partial charge >= 0.3 is 7.94 Å². The lowest BCUT2D eigenvalue weighted by Gasteiger charge is -2.31. The minimum absolute atomic E-state index is 0.122. The molecule has 0 amide bonds. The van der Waals surface area contributed by atoms with E-state index in [9.17, 15) is 4.89 Å². The summed E-state index contributed by atoms with van der Waals surface area (Å²) < 4.78 is 13.4. The molecular formula is C35H56O3PS+. The van der Waals surface area contributed by atoms with Gasteiger partial charge in [-0.3, -0.25) is 9.05 Å². The Morgan fingerprint density at radius 1 is 0.625 bits per heavy atom. The second-order valence-electron chi connectivity index (χ2n) is 14.0. The number of unbranched alkanes of at least 4 members (excludes halogenated alkanes) is 10. The van der Waals surface area contributed by atoms with Crippen LogP contribution in [-0.2, 0) is 10.8 Å². The van der Waals surface area contributed by atoms with Crippen LogP contribution in [0.4, 0.5) is 0 Å². The largest absolute Gasteiger partial charge is 0.495 e. The number of fused-ring (bicyclic) bond motifs is 2. The van der Waals surface area contributed by atoms with Gasteiger partial charge in [-0.15, -0.1) is 0 Å². The van der Waals surface area contributed by atoms with Crippen LogP contribution in [0.1, 0.15) is 141 Å². The number of hydrogen-bond donors (Lipinski definition) is 1. The van der Waals surface area contributed by atoms with E-state index in [1.165, 1.54) is 68.9 Å². The fraction of sp³-hybridized carbons (Fsp3) is 0.657. The van der Waals surface area contributed by atoms with E-state index in [2.05, 4.69) is 86.6 Å². The summed E-state index contributed by atoms with van der Waals surface area (Å²) >= 11 is 1.71. The Kier molecular flexibility index (Phi) is 11.9. The summed E-state index contributed by atoms with van der Waals surface area (Å²) in [6.45, 7) is 19.9. The van der Waals surface area contributed by atoms with Crippen molar-refractivity contribution in [2.75, 3.05) is 6.16 Å². The van der Waals surface area contributed by atoms with Crippen LogP contribution in [0.25, 0.3) is 0 Å². The standard InChI is InChI=1S/C35H56O3PS/c1-10-11-12-13-14-15-16-17-18-19-20-21-39(36)37-32-28(34(4,5)6)22-26(2)24-30(32)40-31-25-27(3)23-29(33(31)38-39)35(7,8)9/h22-25,36H,10-21H2,1-9H3/q+1. The highest BCUT2D eigenvalue weighted by Crippen LogP contribution is 2.64. The van der Waals surface area contributed by atoms with Gasteiger partial charge in [0.2, 0.25) is 0 Å². The Morgan fingerprint density at radius 3 is 1.38 bits per heavy atom. The van der Waals surface area contributed by atoms with Crippen molar-refractivity contribution in [2.24, 2.45) is 0 Å². The molecule has 5 heteroatoms. The summed E-state index contributed by atoms with van der Waals surface area (Å²) in [5.74, 6) is 1.60. The second kappa shape index (κ2) is 14.3. The monoisotopic (exact) mass is 587 g/mol. The maximum absolute atomic E-state index is 12.2. The van der Waals surface area contributed by atoms with Gasteiger partial charge in [0.1, 0.15) is 0 Å². The van der Waals surface area contributed by atoms with Crippen molar-refractivity contribution in [2.45, 2.75) is 154 Å². The first-order valence-electron chi connectivity index (χ1n) is 15.7. The first-order chi connectivity index (χ1) is 18.7. The molecule has 0 atom stereocenters. The zero-order valence-electron chi connectivity index (χ0n) is 26.9. The lowest BCUT2D eigenvalue weighted by Crippen LogP contribution is -2.21. The van der Waals surface area contributed by atoms with Crippen molar-refractivity contribution in [3.63, 3.8) is 0 Å². The number of benzene rings is 2. The topological polar surface area (TPSA) is 38.7 Å². The molecule has 0 spiro atoms. The smallest absolute Gasteiger partial charge is 0.276 e. The molecule has 0 saturated heterocycles. The molecule has 0 fully saturated rings. The summed E-state index contributed by atoms with van der Waals surface area (Å²) in [7, 11) is -3.21. The molecule has 3 rings (SSSR count). The van der Waals surface area contributed by atoms with Crippen molar-refractivity contribution in [3.8, 4) is 11.5 Å². The molecule has 224 valence electrons. The zero-order valence-corrected chi connectivity index (χ0v) is 28.6. The van der Waals surface area contributed by atoms with Crippen LogP contribution in [0.2, 0.25) is 0 Å². The van der Waals surface area contributed by atoms with E-state index < -0.39 is 7.94 Å². The molecule has 1 heterocycles. The van der Waals surface area contributed by atoms with Crippen molar-refractivity contribution in [1.82, 2.24) is 0 Å². The molecular weight excluding hydrogens is 531 g/mol. The molecule has 0 aromatic heterocycles. The summed E-state index contributed by atoms with van der Waals surface area (Å²) in [4.78, 5) is 14.3. The van der Waals surface area contributed by atoms with Crippen LogP contribution in [0.5, 0.6) is 11.5 Å². The number of aryl methyl sites for hydroxylation is 2. The second-order valence-corrected chi connectivity index (χ2v) is 17.1. The van der Waals surface area contributed by atoms with Gasteiger partial charge in [0.05, 0.1) is 9.79 Å². The van der Waals surface area contributed by atoms with E-state index >= 15 is 0 Å². The summed E-state index contributed by atoms with van der Waals surface area (Å²) in [6, 6.07) is 8.84. The van der Waals surface area contributed by atoms with Gasteiger partial charge in [0, 0.05) is 11.1 Å². The van der Waals surface area contributed by atoms with E-state index in [0.29, 0.717) is 6.16 Å². The van der Waals surface area contributed by atoms with Crippen LogP contribution in [0.15, 0.2) is 34.1 Å². The average molecular weight is 588 g/mol. The third-order valence-electron chi connectivity index (χ3n) is 7.75. The number of rotatable bonds is 12. The van der Waals surface area contributed by atoms with Crippen molar-refractivity contribution < 1.29 is 13.9 Å². The van der Waals surface area contributed by atoms with Crippen LogP contribution < -0.4 is 9.05 Å². The van der Waals surface area contributed by atoms with Crippen LogP contribution in [0.3, 0.4) is 0 Å². The van der Waals surface area contributed by atoms with E-state index in [4.69, 9.17) is 9.05 Å². The van der Waals surface area contributed by atoms with Crippen LogP contribution in [0, 0.1) is 13.8 Å². The van der Waals surface area contributed by atoms with Gasteiger partial charge in [0.25, 0.3) is 0 Å². The Hall–Kier alpha value is -1.22. The summed E-state index contributed by atoms with van der Waals surface area (Å²) in [6.07, 6.45) is 14.5. The molecule has 3 nitrogen and oxygen atoms in total. The Morgan fingerprint density at radius 2 is 1.00 bits per heavy atom. The van der Waals surface area contributed by atoms with Gasteiger partial charge in [-0.1, -0.05) is 130 Å². The quantitative estimate of drug-likeness (QED) is 0.198. The van der Waals surface area contributed by atoms with E-state index in [1.54, 1.807) is 11.8 Å². The highest BCUT2D eigenvalue weighted by molar-refractivity contribution is 7.99. The third kappa shape index (κ3) is 9.40. The summed E-state index contributed by atoms with van der Waals surface area (Å²) in [5, 5.41) is 0. The highest BCUT2D eigenvalue weighted by Gasteiger charge is 2.48. The minimum Gasteiger partial charge on any atom is -0.276 e. The zero-order chi connectivity index (χ0) is 29.6. The molecule has 0 radical (unpaired) electrons. The minimum atomic E-state index is -3.21. The Bertz CT molecular complexity index is 1040. The van der Waals surface area contributed by atoms with Crippen molar-refractivity contribution in [3.05, 3.63) is 46.5 Å². The molecule has 0 unspecified atom stereocenters. The molecule has 2 aromatic carbocycles. The van der Waals surface area contributed by atoms with E-state index in [-0.39, 0.29) is 10.8 Å². The molecule has 1 aliphatic heterocycles. The normalized spacial score (nSPS) is 14.9. The van der Waals surface area contributed by atoms with Crippen molar-refractivity contribution in [1.29, 1.82) is 0 Å². The fourth-order valence-corrected chi connectivity index (χ4v) is 8.57. The van der Waals surface area contributed by atoms with E-state index in [1.807, 2.05) is 0 Å². The predicted molar refractivity (Wildman–Crippen MR) is 176 cm³/mol. The molecule has 0 saturated carbocycles. The van der Waals surface area contributed by atoms with Gasteiger partial charge in [0.15, 0.2) is 17.7 Å². The Labute approximate surface area is 250 Å². The molecule has 1 N–H and O–H groups in total. The average Bonchev–Trinajstić information content (AvgIpc) is 2.83. The van der Waals surface area contributed by atoms with Gasteiger partial charge in [-0.05, 0) is 60.8 Å². The van der Waals surface area contributed by atoms with Crippen LogP contribution in [-0.4, -0.2) is 11.1 Å². The van der Waals surface area contributed by atoms with Gasteiger partial charge in [-0.2, -0.15) is 4.89 Å². The molecule has 1 aliphatic rings. The Balaban J connectivity index is 1.84. The SMILES string of the molecule is CCCCCCCCCCCCC[P+]1(O)Oc2c(cc(C)cc2C(C)(C)C)Sc2cc(C)cc(C(C)(C)C)c2O1. The molecule has 0 bridgehead atoms. The maximum Gasteiger partial charge on any atom is 0.495 e. The third-order valence-corrected chi connectivity index (χ3v) is 10.6.